The van der Waals surface area contributed by atoms with Crippen LogP contribution in [0.15, 0.2) is 18.2 Å². The van der Waals surface area contributed by atoms with E-state index < -0.39 is 0 Å². The van der Waals surface area contributed by atoms with Gasteiger partial charge < -0.3 is 15.5 Å². The molecule has 0 amide bonds. The SMILES string of the molecule is CSC1CCCC(NC(C)c2ccc(O)cc2O)C1. The summed E-state index contributed by atoms with van der Waals surface area (Å²) in [5.74, 6) is 0.269. The molecular weight excluding hydrogens is 258 g/mol. The standard InChI is InChI=1S/C15H23NO2S/c1-10(14-7-6-12(17)9-15(14)18)16-11-4-3-5-13(8-11)19-2/h6-7,9-11,13,16-18H,3-5,8H2,1-2H3. The summed E-state index contributed by atoms with van der Waals surface area (Å²) in [7, 11) is 0. The highest BCUT2D eigenvalue weighted by atomic mass is 32.2. The minimum atomic E-state index is 0.103. The molecular formula is C15H23NO2S. The molecule has 106 valence electrons. The van der Waals surface area contributed by atoms with E-state index in [1.54, 1.807) is 12.1 Å². The molecule has 0 radical (unpaired) electrons. The lowest BCUT2D eigenvalue weighted by Crippen LogP contribution is -2.36. The van der Waals surface area contributed by atoms with E-state index in [1.165, 1.54) is 31.7 Å². The molecule has 2 rings (SSSR count). The molecule has 3 N–H and O–H groups in total. The summed E-state index contributed by atoms with van der Waals surface area (Å²) in [5, 5.41) is 23.6. The number of hydrogen-bond donors (Lipinski definition) is 3. The van der Waals surface area contributed by atoms with Gasteiger partial charge in [0.1, 0.15) is 11.5 Å². The van der Waals surface area contributed by atoms with Gasteiger partial charge in [0.25, 0.3) is 0 Å². The molecule has 4 heteroatoms. The van der Waals surface area contributed by atoms with Crippen LogP contribution >= 0.6 is 11.8 Å². The summed E-state index contributed by atoms with van der Waals surface area (Å²) in [6.07, 6.45) is 7.18. The first-order chi connectivity index (χ1) is 9.10. The van der Waals surface area contributed by atoms with Crippen molar-refractivity contribution >= 4 is 11.8 Å². The van der Waals surface area contributed by atoms with E-state index in [1.807, 2.05) is 11.8 Å². The van der Waals surface area contributed by atoms with E-state index in [-0.39, 0.29) is 17.5 Å². The number of phenols is 2. The number of rotatable bonds is 4. The van der Waals surface area contributed by atoms with Crippen molar-refractivity contribution in [3.8, 4) is 11.5 Å². The van der Waals surface area contributed by atoms with Crippen molar-refractivity contribution in [2.24, 2.45) is 0 Å². The van der Waals surface area contributed by atoms with Crippen molar-refractivity contribution in [2.45, 2.75) is 49.9 Å². The molecule has 1 fully saturated rings. The van der Waals surface area contributed by atoms with E-state index in [9.17, 15) is 10.2 Å². The Labute approximate surface area is 119 Å². The van der Waals surface area contributed by atoms with Crippen molar-refractivity contribution in [3.05, 3.63) is 23.8 Å². The second kappa shape index (κ2) is 6.53. The van der Waals surface area contributed by atoms with E-state index in [2.05, 4.69) is 18.5 Å². The molecule has 0 saturated heterocycles. The molecule has 1 aromatic carbocycles. The average Bonchev–Trinajstić information content (AvgIpc) is 2.38. The highest BCUT2D eigenvalue weighted by Crippen LogP contribution is 2.31. The topological polar surface area (TPSA) is 52.5 Å². The van der Waals surface area contributed by atoms with Crippen LogP contribution in [0.5, 0.6) is 11.5 Å². The smallest absolute Gasteiger partial charge is 0.124 e. The first-order valence-corrected chi connectivity index (χ1v) is 8.19. The van der Waals surface area contributed by atoms with Crippen LogP contribution < -0.4 is 5.32 Å². The molecule has 0 aliphatic heterocycles. The third kappa shape index (κ3) is 3.80. The summed E-state index contributed by atoms with van der Waals surface area (Å²) in [5.41, 5.74) is 0.851. The number of nitrogens with one attached hydrogen (secondary N) is 1. The van der Waals surface area contributed by atoms with Gasteiger partial charge in [-0.15, -0.1) is 0 Å². The predicted octanol–water partition coefficient (Wildman–Crippen LogP) is 3.42. The first kappa shape index (κ1) is 14.5. The Morgan fingerprint density at radius 1 is 1.32 bits per heavy atom. The van der Waals surface area contributed by atoms with Gasteiger partial charge in [-0.1, -0.05) is 12.5 Å². The number of thioether (sulfide) groups is 1. The Hall–Kier alpha value is -0.870. The van der Waals surface area contributed by atoms with Gasteiger partial charge in [-0.2, -0.15) is 11.8 Å². The summed E-state index contributed by atoms with van der Waals surface area (Å²) in [6.45, 7) is 2.06. The Bertz CT molecular complexity index is 425. The van der Waals surface area contributed by atoms with E-state index in [0.29, 0.717) is 6.04 Å². The number of benzene rings is 1. The summed E-state index contributed by atoms with van der Waals surface area (Å²) in [4.78, 5) is 0. The average molecular weight is 281 g/mol. The normalized spacial score (nSPS) is 25.2. The summed E-state index contributed by atoms with van der Waals surface area (Å²) < 4.78 is 0. The number of hydrogen-bond acceptors (Lipinski definition) is 4. The highest BCUT2D eigenvalue weighted by molar-refractivity contribution is 7.99. The lowest BCUT2D eigenvalue weighted by molar-refractivity contribution is 0.347. The molecule has 1 saturated carbocycles. The van der Waals surface area contributed by atoms with Crippen LogP contribution in [0.4, 0.5) is 0 Å². The Kier molecular flexibility index (Phi) is 4.99. The zero-order valence-corrected chi connectivity index (χ0v) is 12.4. The van der Waals surface area contributed by atoms with E-state index >= 15 is 0 Å². The fourth-order valence-corrected chi connectivity index (χ4v) is 3.68. The fourth-order valence-electron chi connectivity index (χ4n) is 2.85. The van der Waals surface area contributed by atoms with Gasteiger partial charge in [-0.25, -0.2) is 0 Å². The Balaban J connectivity index is 1.98. The molecule has 0 bridgehead atoms. The van der Waals surface area contributed by atoms with Crippen LogP contribution in [0, 0.1) is 0 Å². The molecule has 3 nitrogen and oxygen atoms in total. The van der Waals surface area contributed by atoms with Crippen LogP contribution in [0.3, 0.4) is 0 Å². The number of phenolic OH excluding ortho intramolecular Hbond substituents is 2. The predicted molar refractivity (Wildman–Crippen MR) is 80.9 cm³/mol. The largest absolute Gasteiger partial charge is 0.508 e. The van der Waals surface area contributed by atoms with Crippen LogP contribution in [0.1, 0.15) is 44.2 Å². The van der Waals surface area contributed by atoms with Crippen LogP contribution in [0.2, 0.25) is 0 Å². The molecule has 3 atom stereocenters. The quantitative estimate of drug-likeness (QED) is 0.791. The van der Waals surface area contributed by atoms with Crippen molar-refractivity contribution < 1.29 is 10.2 Å². The second-order valence-electron chi connectivity index (χ2n) is 5.35. The summed E-state index contributed by atoms with van der Waals surface area (Å²) >= 11 is 1.96. The Morgan fingerprint density at radius 3 is 2.79 bits per heavy atom. The van der Waals surface area contributed by atoms with E-state index in [0.717, 1.165) is 10.8 Å². The maximum absolute atomic E-state index is 9.89. The zero-order chi connectivity index (χ0) is 13.8. The van der Waals surface area contributed by atoms with Gasteiger partial charge in [-0.05, 0) is 38.5 Å². The van der Waals surface area contributed by atoms with Crippen LogP contribution in [-0.2, 0) is 0 Å². The van der Waals surface area contributed by atoms with Crippen LogP contribution in [-0.4, -0.2) is 27.8 Å². The molecule has 3 unspecified atom stereocenters. The lowest BCUT2D eigenvalue weighted by atomic mass is 9.93. The molecule has 0 heterocycles. The zero-order valence-electron chi connectivity index (χ0n) is 11.6. The molecule has 1 aliphatic rings. The molecule has 1 aromatic rings. The monoisotopic (exact) mass is 281 g/mol. The van der Waals surface area contributed by atoms with Gasteiger partial charge >= 0.3 is 0 Å². The van der Waals surface area contributed by atoms with Crippen molar-refractivity contribution in [1.82, 2.24) is 5.32 Å². The maximum atomic E-state index is 9.89. The maximum Gasteiger partial charge on any atom is 0.124 e. The lowest BCUT2D eigenvalue weighted by Gasteiger charge is -2.31. The highest BCUT2D eigenvalue weighted by Gasteiger charge is 2.23. The van der Waals surface area contributed by atoms with Gasteiger partial charge in [0.05, 0.1) is 0 Å². The minimum Gasteiger partial charge on any atom is -0.508 e. The Morgan fingerprint density at radius 2 is 2.11 bits per heavy atom. The number of aromatic hydroxyl groups is 2. The second-order valence-corrected chi connectivity index (χ2v) is 6.49. The van der Waals surface area contributed by atoms with Gasteiger partial charge in [0.2, 0.25) is 0 Å². The first-order valence-electron chi connectivity index (χ1n) is 6.91. The molecule has 0 aromatic heterocycles. The van der Waals surface area contributed by atoms with Crippen LogP contribution in [0.25, 0.3) is 0 Å². The van der Waals surface area contributed by atoms with Crippen molar-refractivity contribution in [2.75, 3.05) is 6.26 Å². The third-order valence-electron chi connectivity index (χ3n) is 3.93. The van der Waals surface area contributed by atoms with Gasteiger partial charge in [-0.3, -0.25) is 0 Å². The summed E-state index contributed by atoms with van der Waals surface area (Å²) in [6, 6.07) is 5.44. The van der Waals surface area contributed by atoms with Gasteiger partial charge in [0.15, 0.2) is 0 Å². The van der Waals surface area contributed by atoms with Crippen molar-refractivity contribution in [3.63, 3.8) is 0 Å². The van der Waals surface area contributed by atoms with E-state index in [4.69, 9.17) is 0 Å². The molecule has 19 heavy (non-hydrogen) atoms. The third-order valence-corrected chi connectivity index (χ3v) is 5.02. The molecule has 1 aliphatic carbocycles. The minimum absolute atomic E-state index is 0.103. The van der Waals surface area contributed by atoms with Crippen molar-refractivity contribution in [1.29, 1.82) is 0 Å². The molecule has 0 spiro atoms. The fraction of sp³-hybridized carbons (Fsp3) is 0.600. The van der Waals surface area contributed by atoms with Gasteiger partial charge in [0, 0.05) is 29.0 Å².